The molecule has 0 aliphatic carbocycles. The number of rotatable bonds is 24. The lowest BCUT2D eigenvalue weighted by Gasteiger charge is -2.42. The van der Waals surface area contributed by atoms with Gasteiger partial charge in [-0.25, -0.2) is 16.8 Å². The molecule has 0 amide bonds. The predicted octanol–water partition coefficient (Wildman–Crippen LogP) is 14.7. The van der Waals surface area contributed by atoms with Gasteiger partial charge in [0.05, 0.1) is 71.1 Å². The molecule has 0 aromatic heterocycles. The number of hydrogen-bond acceptors (Lipinski definition) is 11. The molecule has 0 saturated carbocycles. The average molecular weight is 1170 g/mol. The molecule has 2 fully saturated rings. The van der Waals surface area contributed by atoms with Crippen LogP contribution >= 0.6 is 0 Å². The fraction of sp³-hybridized carbons (Fsp3) is 0.746. The van der Waals surface area contributed by atoms with Crippen molar-refractivity contribution in [2.24, 2.45) is 23.7 Å². The fourth-order valence-corrected chi connectivity index (χ4v) is 17.3. The zero-order valence-corrected chi connectivity index (χ0v) is 57.0. The molecule has 76 heavy (non-hydrogen) atoms. The Hall–Kier alpha value is -1.62. The van der Waals surface area contributed by atoms with Crippen LogP contribution in [0.4, 0.5) is 0 Å². The highest BCUT2D eigenvalue weighted by molar-refractivity contribution is 7.91. The first kappa shape index (κ1) is 68.6. The summed E-state index contributed by atoms with van der Waals surface area (Å²) in [5.41, 5.74) is 0. The Kier molecular flexibility index (Phi) is 24.0. The van der Waals surface area contributed by atoms with E-state index in [1.807, 2.05) is 12.1 Å². The third kappa shape index (κ3) is 18.7. The van der Waals surface area contributed by atoms with Crippen molar-refractivity contribution in [3.05, 3.63) is 73.3 Å². The van der Waals surface area contributed by atoms with E-state index in [-0.39, 0.29) is 92.3 Å². The second kappa shape index (κ2) is 26.5. The molecule has 0 radical (unpaired) electrons. The molecule has 2 aromatic rings. The van der Waals surface area contributed by atoms with Gasteiger partial charge >= 0.3 is 0 Å². The van der Waals surface area contributed by atoms with Gasteiger partial charge < -0.3 is 32.0 Å². The number of sulfone groups is 2. The van der Waals surface area contributed by atoms with Gasteiger partial charge in [-0.05, 0) is 115 Å². The first-order valence-electron chi connectivity index (χ1n) is 28.0. The molecule has 11 nitrogen and oxygen atoms in total. The van der Waals surface area contributed by atoms with Crippen molar-refractivity contribution in [3.63, 3.8) is 0 Å². The van der Waals surface area contributed by atoms with Crippen molar-refractivity contribution >= 4 is 59.2 Å². The standard InChI is InChI=1S/C30H54O5SSi2.C29H52O6SSi2/c1-13-17-27-26(22-36(31,32)25-18-15-14-16-19-25)23(2)28(34-27)20-24(35-38(11,12)30(6,7)8)21-33-37(9,10)29(3,4)5;1-22-25(21-36(31,32)24-15-13-12-14-16-24)26(17-18-30)34-27(22)19-23(35-38(10,11)29(5,6)7)20-33-37(8,9)28(2,3)4/h13-16,18-19,23-24,26-28H,1,17,20-22H2,2-12H3;12-16,18,22-23,25-27H,17,19-21H2,1-11H3/t23-,24+,26-,27+,28-;22-,23+,25-,26+,27-/m11/s1. The summed E-state index contributed by atoms with van der Waals surface area (Å²) in [4.78, 5) is 12.2. The number of aldehydes is 1. The van der Waals surface area contributed by atoms with Crippen LogP contribution in [0.3, 0.4) is 0 Å². The monoisotopic (exact) mass is 1170 g/mol. The van der Waals surface area contributed by atoms with Gasteiger partial charge in [-0.3, -0.25) is 0 Å². The highest BCUT2D eigenvalue weighted by atomic mass is 32.2. The van der Waals surface area contributed by atoms with Crippen molar-refractivity contribution < 1.29 is 48.8 Å². The SMILES string of the molecule is C=CC[C@@H]1O[C@H](C[C@@H](CO[Si](C)(C)C(C)(C)C)O[Si](C)(C)C(C)(C)C)[C@H](C)[C@H]1CS(=O)(=O)c1ccccc1.C[C@@H]1[C@@H](CS(=O)(=O)c2ccccc2)[C@H](CC=O)O[C@@H]1C[C@@H](CO[Si](C)(C)C(C)(C)C)O[Si](C)(C)C(C)(C)C. The lowest BCUT2D eigenvalue weighted by Crippen LogP contribution is -2.48. The molecule has 0 unspecified atom stereocenters. The third-order valence-corrected chi connectivity index (χ3v) is 40.0. The Labute approximate surface area is 468 Å². The van der Waals surface area contributed by atoms with Gasteiger partial charge in [-0.15, -0.1) is 6.58 Å². The summed E-state index contributed by atoms with van der Waals surface area (Å²) in [7, 11) is -15.1. The van der Waals surface area contributed by atoms with Crippen molar-refractivity contribution in [1.29, 1.82) is 0 Å². The van der Waals surface area contributed by atoms with E-state index in [1.165, 1.54) is 0 Å². The Morgan fingerprint density at radius 2 is 0.816 bits per heavy atom. The smallest absolute Gasteiger partial charge is 0.192 e. The van der Waals surface area contributed by atoms with Gasteiger partial charge in [0.1, 0.15) is 6.29 Å². The molecular formula is C59H106O11S2Si4. The molecule has 17 heteroatoms. The maximum Gasteiger partial charge on any atom is 0.192 e. The molecule has 2 aliphatic rings. The zero-order chi connectivity index (χ0) is 58.3. The Morgan fingerprint density at radius 1 is 0.513 bits per heavy atom. The highest BCUT2D eigenvalue weighted by Gasteiger charge is 2.49. The Bertz CT molecular complexity index is 2190. The first-order valence-corrected chi connectivity index (χ1v) is 42.9. The summed E-state index contributed by atoms with van der Waals surface area (Å²) in [6.07, 6.45) is 3.60. The van der Waals surface area contributed by atoms with E-state index in [9.17, 15) is 21.6 Å². The van der Waals surface area contributed by atoms with Crippen LogP contribution in [0.1, 0.15) is 123 Å². The van der Waals surface area contributed by atoms with Crippen molar-refractivity contribution in [3.8, 4) is 0 Å². The minimum Gasteiger partial charge on any atom is -0.414 e. The largest absolute Gasteiger partial charge is 0.414 e. The minimum atomic E-state index is -3.51. The second-order valence-corrected chi connectivity index (χ2v) is 51.4. The summed E-state index contributed by atoms with van der Waals surface area (Å²) in [6.45, 7) is 54.1. The molecule has 2 aliphatic heterocycles. The molecule has 0 bridgehead atoms. The summed E-state index contributed by atoms with van der Waals surface area (Å²) in [6, 6.07) is 17.3. The van der Waals surface area contributed by atoms with Gasteiger partial charge in [0.15, 0.2) is 52.9 Å². The topological polar surface area (TPSA) is 141 Å². The number of hydrogen-bond donors (Lipinski definition) is 0. The van der Waals surface area contributed by atoms with E-state index in [0.29, 0.717) is 42.3 Å². The number of ether oxygens (including phenoxy) is 2. The van der Waals surface area contributed by atoms with Gasteiger partial charge in [0, 0.05) is 31.1 Å². The first-order chi connectivity index (χ1) is 34.4. The summed E-state index contributed by atoms with van der Waals surface area (Å²) < 4.78 is 93.2. The van der Waals surface area contributed by atoms with Gasteiger partial charge in [-0.2, -0.15) is 0 Å². The minimum absolute atomic E-state index is 0.0384. The van der Waals surface area contributed by atoms with Crippen LogP contribution in [0.5, 0.6) is 0 Å². The van der Waals surface area contributed by atoms with E-state index in [0.717, 1.165) is 6.29 Å². The third-order valence-electron chi connectivity index (χ3n) is 18.3. The Balaban J connectivity index is 0.000000400. The van der Waals surface area contributed by atoms with Crippen molar-refractivity contribution in [1.82, 2.24) is 0 Å². The van der Waals surface area contributed by atoms with Crippen LogP contribution in [-0.2, 0) is 51.6 Å². The van der Waals surface area contributed by atoms with Gasteiger partial charge in [0.2, 0.25) is 0 Å². The summed E-state index contributed by atoms with van der Waals surface area (Å²) in [5, 5.41) is 0.300. The summed E-state index contributed by atoms with van der Waals surface area (Å²) >= 11 is 0. The van der Waals surface area contributed by atoms with Gasteiger partial charge in [0.25, 0.3) is 0 Å². The quantitative estimate of drug-likeness (QED) is 0.0563. The number of benzene rings is 2. The molecular weight excluding hydrogens is 1060 g/mol. The van der Waals surface area contributed by atoms with Crippen LogP contribution in [0.2, 0.25) is 72.5 Å². The van der Waals surface area contributed by atoms with Crippen LogP contribution < -0.4 is 0 Å². The second-order valence-electron chi connectivity index (χ2n) is 28.2. The maximum absolute atomic E-state index is 13.3. The van der Waals surface area contributed by atoms with Crippen LogP contribution in [-0.4, -0.2) is 118 Å². The van der Waals surface area contributed by atoms with Crippen LogP contribution in [0, 0.1) is 23.7 Å². The molecule has 0 N–H and O–H groups in total. The Morgan fingerprint density at radius 3 is 1.09 bits per heavy atom. The van der Waals surface area contributed by atoms with Gasteiger partial charge in [-0.1, -0.05) is 139 Å². The lowest BCUT2D eigenvalue weighted by molar-refractivity contribution is -0.110. The van der Waals surface area contributed by atoms with E-state index < -0.39 is 59.0 Å². The molecule has 2 heterocycles. The summed E-state index contributed by atoms with van der Waals surface area (Å²) in [5.74, 6) is -0.333. The molecule has 436 valence electrons. The van der Waals surface area contributed by atoms with E-state index in [2.05, 4.69) is 156 Å². The molecule has 4 rings (SSSR count). The number of carbonyl (C=O) groups excluding carboxylic acids is 1. The van der Waals surface area contributed by atoms with Crippen molar-refractivity contribution in [2.45, 2.75) is 242 Å². The fourth-order valence-electron chi connectivity index (χ4n) is 8.90. The lowest BCUT2D eigenvalue weighted by atomic mass is 9.87. The molecule has 0 spiro atoms. The number of carbonyl (C=O) groups is 1. The van der Waals surface area contributed by atoms with Crippen molar-refractivity contribution in [2.75, 3.05) is 24.7 Å². The predicted molar refractivity (Wildman–Crippen MR) is 325 cm³/mol. The van der Waals surface area contributed by atoms with Crippen LogP contribution in [0.15, 0.2) is 83.1 Å². The highest BCUT2D eigenvalue weighted by Crippen LogP contribution is 2.45. The molecule has 2 aromatic carbocycles. The van der Waals surface area contributed by atoms with E-state index in [1.54, 1.807) is 54.6 Å². The van der Waals surface area contributed by atoms with E-state index >= 15 is 0 Å². The zero-order valence-electron chi connectivity index (χ0n) is 51.4. The average Bonchev–Trinajstić information content (AvgIpc) is 3.72. The van der Waals surface area contributed by atoms with E-state index in [4.69, 9.17) is 27.2 Å². The normalized spacial score (nSPS) is 24.4. The van der Waals surface area contributed by atoms with Crippen LogP contribution in [0.25, 0.3) is 0 Å². The molecule has 2 saturated heterocycles. The molecule has 10 atom stereocenters. The maximum atomic E-state index is 13.3.